The number of piperidine rings is 1. The summed E-state index contributed by atoms with van der Waals surface area (Å²) >= 11 is 2.10. The van der Waals surface area contributed by atoms with E-state index in [1.807, 2.05) is 0 Å². The molecule has 1 saturated heterocycles. The Morgan fingerprint density at radius 3 is 2.85 bits per heavy atom. The summed E-state index contributed by atoms with van der Waals surface area (Å²) in [5.41, 5.74) is 0. The number of nitrogens with zero attached hydrogens (tertiary/aromatic N) is 1. The maximum absolute atomic E-state index is 12.6. The number of hydrogen-bond acceptors (Lipinski definition) is 1. The minimum Gasteiger partial charge on any atom is -0.333 e. The van der Waals surface area contributed by atoms with E-state index in [9.17, 15) is 13.6 Å². The SMILES string of the molecule is O=C(N1CCCC2CC21)C(F)(F)Br. The lowest BCUT2D eigenvalue weighted by Crippen LogP contribution is -2.44. The van der Waals surface area contributed by atoms with Gasteiger partial charge in [-0.3, -0.25) is 4.79 Å². The third kappa shape index (κ3) is 1.71. The summed E-state index contributed by atoms with van der Waals surface area (Å²) in [6.07, 6.45) is 2.85. The normalized spacial score (nSPS) is 32.7. The number of alkyl halides is 3. The second-order valence-electron chi connectivity index (χ2n) is 3.70. The van der Waals surface area contributed by atoms with Crippen LogP contribution in [0.4, 0.5) is 8.78 Å². The van der Waals surface area contributed by atoms with Crippen molar-refractivity contribution < 1.29 is 13.6 Å². The number of likely N-dealkylation sites (tertiary alicyclic amines) is 1. The number of amides is 1. The van der Waals surface area contributed by atoms with E-state index in [4.69, 9.17) is 0 Å². The van der Waals surface area contributed by atoms with Gasteiger partial charge >= 0.3 is 10.7 Å². The maximum atomic E-state index is 12.6. The zero-order valence-corrected chi connectivity index (χ0v) is 8.56. The minimum atomic E-state index is -3.38. The van der Waals surface area contributed by atoms with Crippen LogP contribution < -0.4 is 0 Å². The third-order valence-corrected chi connectivity index (χ3v) is 3.10. The quantitative estimate of drug-likeness (QED) is 0.655. The summed E-state index contributed by atoms with van der Waals surface area (Å²) < 4.78 is 25.2. The third-order valence-electron chi connectivity index (χ3n) is 2.76. The largest absolute Gasteiger partial charge is 0.377 e. The molecular formula is C8H10BrF2NO. The van der Waals surface area contributed by atoms with Gasteiger partial charge in [0.15, 0.2) is 0 Å². The molecular weight excluding hydrogens is 244 g/mol. The first-order chi connectivity index (χ1) is 6.00. The second-order valence-corrected chi connectivity index (χ2v) is 4.70. The Morgan fingerprint density at radius 1 is 1.54 bits per heavy atom. The molecule has 2 nitrogen and oxygen atoms in total. The first kappa shape index (κ1) is 9.37. The van der Waals surface area contributed by atoms with E-state index in [2.05, 4.69) is 15.9 Å². The fourth-order valence-corrected chi connectivity index (χ4v) is 2.26. The van der Waals surface area contributed by atoms with Gasteiger partial charge in [-0.25, -0.2) is 0 Å². The molecule has 74 valence electrons. The molecule has 2 aliphatic rings. The summed E-state index contributed by atoms with van der Waals surface area (Å²) in [6, 6.07) is 0.102. The molecule has 2 fully saturated rings. The Hall–Kier alpha value is -0.190. The molecule has 0 N–H and O–H groups in total. The van der Waals surface area contributed by atoms with E-state index in [0.29, 0.717) is 12.5 Å². The van der Waals surface area contributed by atoms with Crippen LogP contribution in [0.1, 0.15) is 19.3 Å². The molecule has 0 aromatic carbocycles. The van der Waals surface area contributed by atoms with Crippen molar-refractivity contribution in [3.05, 3.63) is 0 Å². The van der Waals surface area contributed by atoms with Crippen molar-refractivity contribution in [2.45, 2.75) is 30.1 Å². The van der Waals surface area contributed by atoms with Crippen LogP contribution in [0.15, 0.2) is 0 Å². The van der Waals surface area contributed by atoms with Crippen molar-refractivity contribution in [2.24, 2.45) is 5.92 Å². The van der Waals surface area contributed by atoms with Crippen LogP contribution in [-0.2, 0) is 4.79 Å². The highest BCUT2D eigenvalue weighted by Gasteiger charge is 2.51. The molecule has 2 atom stereocenters. The molecule has 1 saturated carbocycles. The zero-order chi connectivity index (χ0) is 9.64. The van der Waals surface area contributed by atoms with Crippen LogP contribution in [0.2, 0.25) is 0 Å². The summed E-state index contributed by atoms with van der Waals surface area (Å²) in [6.45, 7) is 0.487. The highest BCUT2D eigenvalue weighted by Crippen LogP contribution is 2.44. The van der Waals surface area contributed by atoms with E-state index >= 15 is 0 Å². The topological polar surface area (TPSA) is 20.3 Å². The van der Waals surface area contributed by atoms with Gasteiger partial charge in [-0.05, 0) is 25.2 Å². The van der Waals surface area contributed by atoms with Crippen LogP contribution in [0, 0.1) is 5.92 Å². The van der Waals surface area contributed by atoms with E-state index in [1.54, 1.807) is 0 Å². The summed E-state index contributed by atoms with van der Waals surface area (Å²) in [5, 5.41) is 0. The molecule has 0 radical (unpaired) electrons. The monoisotopic (exact) mass is 253 g/mol. The number of rotatable bonds is 1. The smallest absolute Gasteiger partial charge is 0.333 e. The lowest BCUT2D eigenvalue weighted by molar-refractivity contribution is -0.147. The van der Waals surface area contributed by atoms with Gasteiger partial charge in [0.05, 0.1) is 0 Å². The molecule has 0 bridgehead atoms. The van der Waals surface area contributed by atoms with E-state index in [-0.39, 0.29) is 6.04 Å². The number of fused-ring (bicyclic) bond motifs is 1. The van der Waals surface area contributed by atoms with Gasteiger partial charge in [0.1, 0.15) is 0 Å². The van der Waals surface area contributed by atoms with Crippen LogP contribution in [0.5, 0.6) is 0 Å². The van der Waals surface area contributed by atoms with E-state index < -0.39 is 10.7 Å². The molecule has 13 heavy (non-hydrogen) atoms. The Labute approximate surface area is 83.4 Å². The number of halogens is 3. The molecule has 1 aliphatic heterocycles. The van der Waals surface area contributed by atoms with Crippen molar-refractivity contribution in [1.29, 1.82) is 0 Å². The highest BCUT2D eigenvalue weighted by atomic mass is 79.9. The predicted molar refractivity (Wildman–Crippen MR) is 46.7 cm³/mol. The van der Waals surface area contributed by atoms with Crippen molar-refractivity contribution in [3.63, 3.8) is 0 Å². The lowest BCUT2D eigenvalue weighted by Gasteiger charge is -2.28. The molecule has 0 aromatic rings. The average Bonchev–Trinajstić information content (AvgIpc) is 2.78. The molecule has 2 rings (SSSR count). The van der Waals surface area contributed by atoms with Gasteiger partial charge in [-0.1, -0.05) is 0 Å². The van der Waals surface area contributed by atoms with Crippen molar-refractivity contribution in [1.82, 2.24) is 4.90 Å². The Morgan fingerprint density at radius 2 is 2.23 bits per heavy atom. The average molecular weight is 254 g/mol. The maximum Gasteiger partial charge on any atom is 0.377 e. The fraction of sp³-hybridized carbons (Fsp3) is 0.875. The van der Waals surface area contributed by atoms with Gasteiger partial charge in [-0.15, -0.1) is 0 Å². The number of carbonyl (C=O) groups excluding carboxylic acids is 1. The van der Waals surface area contributed by atoms with Gasteiger partial charge < -0.3 is 4.90 Å². The Balaban J connectivity index is 2.04. The zero-order valence-electron chi connectivity index (χ0n) is 6.97. The number of carbonyl (C=O) groups is 1. The summed E-state index contributed by atoms with van der Waals surface area (Å²) in [5.74, 6) is -0.577. The van der Waals surface area contributed by atoms with Crippen molar-refractivity contribution in [3.8, 4) is 0 Å². The molecule has 1 heterocycles. The predicted octanol–water partition coefficient (Wildman–Crippen LogP) is 1.98. The van der Waals surface area contributed by atoms with Crippen LogP contribution in [-0.4, -0.2) is 28.2 Å². The van der Waals surface area contributed by atoms with Gasteiger partial charge in [-0.2, -0.15) is 8.78 Å². The van der Waals surface area contributed by atoms with E-state index in [1.165, 1.54) is 4.90 Å². The summed E-state index contributed by atoms with van der Waals surface area (Å²) in [7, 11) is 0. The van der Waals surface area contributed by atoms with Crippen LogP contribution in [0.3, 0.4) is 0 Å². The minimum absolute atomic E-state index is 0.102. The highest BCUT2D eigenvalue weighted by molar-refractivity contribution is 9.10. The molecule has 2 unspecified atom stereocenters. The molecule has 1 aliphatic carbocycles. The van der Waals surface area contributed by atoms with Gasteiger partial charge in [0, 0.05) is 28.5 Å². The molecule has 1 amide bonds. The van der Waals surface area contributed by atoms with Crippen molar-refractivity contribution >= 4 is 21.8 Å². The first-order valence-electron chi connectivity index (χ1n) is 4.38. The van der Waals surface area contributed by atoms with Crippen LogP contribution in [0.25, 0.3) is 0 Å². The van der Waals surface area contributed by atoms with Gasteiger partial charge in [0.2, 0.25) is 0 Å². The van der Waals surface area contributed by atoms with Gasteiger partial charge in [0.25, 0.3) is 0 Å². The standard InChI is InChI=1S/C8H10BrF2NO/c9-8(10,11)7(13)12-3-1-2-5-4-6(5)12/h5-6H,1-4H2. The second kappa shape index (κ2) is 2.90. The summed E-state index contributed by atoms with van der Waals surface area (Å²) in [4.78, 5) is 9.13. The molecule has 0 spiro atoms. The Bertz CT molecular complexity index is 241. The van der Waals surface area contributed by atoms with E-state index in [0.717, 1.165) is 19.3 Å². The Kier molecular flexibility index (Phi) is 2.09. The fourth-order valence-electron chi connectivity index (χ4n) is 2.03. The number of hydrogen-bond donors (Lipinski definition) is 0. The molecule has 0 aromatic heterocycles. The van der Waals surface area contributed by atoms with Crippen LogP contribution >= 0.6 is 15.9 Å². The first-order valence-corrected chi connectivity index (χ1v) is 5.17. The lowest BCUT2D eigenvalue weighted by atomic mass is 10.1. The van der Waals surface area contributed by atoms with Crippen molar-refractivity contribution in [2.75, 3.05) is 6.54 Å². The molecule has 5 heteroatoms.